The minimum absolute atomic E-state index is 0.134. The van der Waals surface area contributed by atoms with Crippen molar-refractivity contribution in [2.24, 2.45) is 7.05 Å². The van der Waals surface area contributed by atoms with Crippen LogP contribution in [0.2, 0.25) is 0 Å². The average molecular weight is 474 g/mol. The van der Waals surface area contributed by atoms with Gasteiger partial charge in [0.25, 0.3) is 11.8 Å². The molecule has 1 fully saturated rings. The van der Waals surface area contributed by atoms with Crippen LogP contribution < -0.4 is 10.6 Å². The van der Waals surface area contributed by atoms with E-state index in [2.05, 4.69) is 26.0 Å². The lowest BCUT2D eigenvalue weighted by Gasteiger charge is -2.29. The fraction of sp³-hybridized carbons (Fsp3) is 0.348. The number of imide groups is 1. The number of fused-ring (bicyclic) bond motifs is 2. The highest BCUT2D eigenvalue weighted by molar-refractivity contribution is 6.05. The monoisotopic (exact) mass is 474 g/mol. The highest BCUT2D eigenvalue weighted by Gasteiger charge is 2.39. The van der Waals surface area contributed by atoms with Crippen molar-refractivity contribution in [1.82, 2.24) is 35.0 Å². The van der Waals surface area contributed by atoms with Crippen molar-refractivity contribution in [3.63, 3.8) is 0 Å². The second kappa shape index (κ2) is 7.86. The molecule has 0 radical (unpaired) electrons. The Balaban J connectivity index is 1.21. The van der Waals surface area contributed by atoms with Gasteiger partial charge >= 0.3 is 0 Å². The van der Waals surface area contributed by atoms with Gasteiger partial charge in [-0.15, -0.1) is 5.10 Å². The van der Waals surface area contributed by atoms with E-state index < -0.39 is 17.9 Å². The van der Waals surface area contributed by atoms with Crippen molar-refractivity contribution in [2.45, 2.75) is 44.7 Å². The molecule has 12 heteroatoms. The zero-order valence-electron chi connectivity index (χ0n) is 18.9. The summed E-state index contributed by atoms with van der Waals surface area (Å²) >= 11 is 0. The van der Waals surface area contributed by atoms with Crippen LogP contribution in [0, 0.1) is 0 Å². The number of aryl methyl sites for hydroxylation is 2. The summed E-state index contributed by atoms with van der Waals surface area (Å²) in [4.78, 5) is 51.1. The first-order chi connectivity index (χ1) is 16.9. The molecule has 3 aliphatic rings. The number of hydrogen-bond acceptors (Lipinski definition) is 7. The molecule has 1 aliphatic carbocycles. The maximum Gasteiger partial charge on any atom is 0.279 e. The molecule has 2 N–H and O–H groups in total. The summed E-state index contributed by atoms with van der Waals surface area (Å²) < 4.78 is 3.11. The molecule has 178 valence electrons. The van der Waals surface area contributed by atoms with Crippen LogP contribution in [-0.4, -0.2) is 59.3 Å². The topological polar surface area (TPSA) is 144 Å². The summed E-state index contributed by atoms with van der Waals surface area (Å²) in [6.07, 6.45) is 4.82. The molecule has 35 heavy (non-hydrogen) atoms. The van der Waals surface area contributed by atoms with Crippen LogP contribution in [0.25, 0.3) is 5.69 Å². The predicted octanol–water partition coefficient (Wildman–Crippen LogP) is 0.503. The molecule has 2 aromatic heterocycles. The average Bonchev–Trinajstić information content (AvgIpc) is 3.60. The Morgan fingerprint density at radius 2 is 2.03 bits per heavy atom. The van der Waals surface area contributed by atoms with E-state index in [4.69, 9.17) is 0 Å². The highest BCUT2D eigenvalue weighted by Crippen LogP contribution is 2.30. The molecular weight excluding hydrogens is 452 g/mol. The van der Waals surface area contributed by atoms with Gasteiger partial charge in [-0.05, 0) is 43.4 Å². The van der Waals surface area contributed by atoms with E-state index in [0.29, 0.717) is 30.0 Å². The number of rotatable bonds is 4. The smallest absolute Gasteiger partial charge is 0.279 e. The van der Waals surface area contributed by atoms with Gasteiger partial charge in [-0.2, -0.15) is 5.10 Å². The van der Waals surface area contributed by atoms with E-state index in [0.717, 1.165) is 36.1 Å². The Morgan fingerprint density at radius 1 is 1.17 bits per heavy atom. The maximum atomic E-state index is 13.1. The molecular formula is C23H22N8O4. The number of hydrogen-bond donors (Lipinski definition) is 2. The number of nitrogens with zero attached hydrogens (tertiary/aromatic N) is 6. The Bertz CT molecular complexity index is 1420. The minimum atomic E-state index is -0.675. The van der Waals surface area contributed by atoms with Crippen LogP contribution in [0.15, 0.2) is 24.4 Å². The van der Waals surface area contributed by atoms with E-state index in [9.17, 15) is 19.2 Å². The van der Waals surface area contributed by atoms with E-state index in [1.807, 2.05) is 0 Å². The number of aromatic nitrogens is 5. The van der Waals surface area contributed by atoms with Crippen LogP contribution in [0.3, 0.4) is 0 Å². The molecule has 0 bridgehead atoms. The summed E-state index contributed by atoms with van der Waals surface area (Å²) in [5.41, 5.74) is 4.02. The molecule has 2 aliphatic heterocycles. The number of benzene rings is 1. The third kappa shape index (κ3) is 3.49. The first kappa shape index (κ1) is 21.2. The van der Waals surface area contributed by atoms with Gasteiger partial charge in [-0.3, -0.25) is 29.2 Å². The van der Waals surface area contributed by atoms with Gasteiger partial charge in [0.15, 0.2) is 5.69 Å². The molecule has 0 spiro atoms. The molecule has 6 rings (SSSR count). The molecule has 1 unspecified atom stereocenters. The summed E-state index contributed by atoms with van der Waals surface area (Å²) in [6, 6.07) is 4.58. The molecule has 0 saturated carbocycles. The first-order valence-electron chi connectivity index (χ1n) is 11.5. The number of nitrogens with one attached hydrogen (secondary N) is 2. The fourth-order valence-electron chi connectivity index (χ4n) is 5.03. The summed E-state index contributed by atoms with van der Waals surface area (Å²) in [5.74, 6) is -0.770. The standard InChI is InChI=1S/C23H22N8O4/c1-29-20(14-3-2-4-16(14)27-29)25-21(33)17-11-31(28-26-17)13-6-5-12-10-30(23(35)15(12)9-13)18-7-8-19(32)24-22(18)34/h5-6,9,11,18H,2-4,7-8,10H2,1H3,(H,25,33)(H,24,32,34). The quantitative estimate of drug-likeness (QED) is 0.524. The second-order valence-electron chi connectivity index (χ2n) is 8.99. The fourth-order valence-corrected chi connectivity index (χ4v) is 5.03. The predicted molar refractivity (Wildman–Crippen MR) is 121 cm³/mol. The number of amides is 4. The van der Waals surface area contributed by atoms with Crippen molar-refractivity contribution in [1.29, 1.82) is 0 Å². The zero-order chi connectivity index (χ0) is 24.3. The van der Waals surface area contributed by atoms with E-state index in [-0.39, 0.29) is 23.9 Å². The van der Waals surface area contributed by atoms with Gasteiger partial charge in [0.05, 0.1) is 17.6 Å². The molecule has 12 nitrogen and oxygen atoms in total. The lowest BCUT2D eigenvalue weighted by molar-refractivity contribution is -0.136. The van der Waals surface area contributed by atoms with Gasteiger partial charge in [0.2, 0.25) is 11.8 Å². The van der Waals surface area contributed by atoms with Crippen molar-refractivity contribution in [2.75, 3.05) is 5.32 Å². The number of carbonyl (C=O) groups is 4. The molecule has 4 heterocycles. The SMILES string of the molecule is Cn1nc2c(c1NC(=O)c1cn(-c3ccc4c(c3)C(=O)N(C3CCC(=O)NC3=O)C4)nn1)CCC2. The Morgan fingerprint density at radius 3 is 2.86 bits per heavy atom. The van der Waals surface area contributed by atoms with Crippen molar-refractivity contribution in [3.8, 4) is 5.69 Å². The maximum absolute atomic E-state index is 13.1. The van der Waals surface area contributed by atoms with Crippen LogP contribution >= 0.6 is 0 Å². The molecule has 1 atom stereocenters. The van der Waals surface area contributed by atoms with Crippen LogP contribution in [-0.2, 0) is 36.0 Å². The lowest BCUT2D eigenvalue weighted by Crippen LogP contribution is -2.52. The largest absolute Gasteiger partial charge is 0.322 e. The van der Waals surface area contributed by atoms with E-state index in [1.54, 1.807) is 29.9 Å². The third-order valence-corrected chi connectivity index (χ3v) is 6.80. The van der Waals surface area contributed by atoms with Crippen molar-refractivity contribution in [3.05, 3.63) is 52.5 Å². The van der Waals surface area contributed by atoms with E-state index in [1.165, 1.54) is 15.8 Å². The first-order valence-corrected chi connectivity index (χ1v) is 11.5. The molecule has 4 amide bonds. The van der Waals surface area contributed by atoms with Crippen LogP contribution in [0.4, 0.5) is 5.82 Å². The lowest BCUT2D eigenvalue weighted by atomic mass is 10.0. The minimum Gasteiger partial charge on any atom is -0.322 e. The number of carbonyl (C=O) groups excluding carboxylic acids is 4. The van der Waals surface area contributed by atoms with Crippen molar-refractivity contribution < 1.29 is 19.2 Å². The highest BCUT2D eigenvalue weighted by atomic mass is 16.2. The normalized spacial score (nSPS) is 19.1. The summed E-state index contributed by atoms with van der Waals surface area (Å²) in [7, 11) is 1.80. The molecule has 3 aromatic rings. The Kier molecular flexibility index (Phi) is 4.76. The van der Waals surface area contributed by atoms with Crippen molar-refractivity contribution >= 4 is 29.4 Å². The summed E-state index contributed by atoms with van der Waals surface area (Å²) in [6.45, 7) is 0.292. The van der Waals surface area contributed by atoms with Gasteiger partial charge < -0.3 is 10.2 Å². The van der Waals surface area contributed by atoms with Crippen LogP contribution in [0.5, 0.6) is 0 Å². The van der Waals surface area contributed by atoms with Gasteiger partial charge in [-0.25, -0.2) is 4.68 Å². The second-order valence-corrected chi connectivity index (χ2v) is 8.99. The van der Waals surface area contributed by atoms with Gasteiger partial charge in [0.1, 0.15) is 11.9 Å². The Hall–Kier alpha value is -4.35. The van der Waals surface area contributed by atoms with Gasteiger partial charge in [-0.1, -0.05) is 11.3 Å². The van der Waals surface area contributed by atoms with Crippen LogP contribution in [0.1, 0.15) is 56.9 Å². The number of anilines is 1. The zero-order valence-corrected chi connectivity index (χ0v) is 18.9. The molecule has 1 saturated heterocycles. The third-order valence-electron chi connectivity index (χ3n) is 6.80. The Labute approximate surface area is 199 Å². The van der Waals surface area contributed by atoms with E-state index >= 15 is 0 Å². The summed E-state index contributed by atoms with van der Waals surface area (Å²) in [5, 5.41) is 17.7. The number of piperidine rings is 1. The molecule has 1 aromatic carbocycles. The van der Waals surface area contributed by atoms with Gasteiger partial charge in [0, 0.05) is 31.1 Å².